The van der Waals surface area contributed by atoms with Gasteiger partial charge in [-0.15, -0.1) is 5.10 Å². The first kappa shape index (κ1) is 17.2. The number of nitrogen functional groups attached to an aromatic ring is 1. The predicted octanol–water partition coefficient (Wildman–Crippen LogP) is 2.80. The van der Waals surface area contributed by atoms with E-state index in [4.69, 9.17) is 5.73 Å². The van der Waals surface area contributed by atoms with E-state index in [0.29, 0.717) is 18.1 Å². The zero-order chi connectivity index (χ0) is 18.8. The molecule has 2 N–H and O–H groups in total. The normalized spacial score (nSPS) is 13.7. The molecule has 4 rings (SSSR count). The first-order valence-corrected chi connectivity index (χ1v) is 8.56. The second-order valence-corrected chi connectivity index (χ2v) is 6.25. The molecule has 0 bridgehead atoms. The fourth-order valence-electron chi connectivity index (χ4n) is 3.34. The van der Waals surface area contributed by atoms with Gasteiger partial charge in [-0.3, -0.25) is 0 Å². The monoisotopic (exact) mass is 372 g/mol. The third-order valence-electron chi connectivity index (χ3n) is 4.56. The van der Waals surface area contributed by atoms with Gasteiger partial charge in [-0.2, -0.15) is 13.5 Å². The molecule has 0 saturated carbocycles. The van der Waals surface area contributed by atoms with Crippen LogP contribution in [0.2, 0.25) is 0 Å². The third-order valence-corrected chi connectivity index (χ3v) is 4.56. The average Bonchev–Trinajstić information content (AvgIpc) is 3.11. The summed E-state index contributed by atoms with van der Waals surface area (Å²) in [7, 11) is 0. The minimum absolute atomic E-state index is 0.0869. The molecule has 0 fully saturated rings. The van der Waals surface area contributed by atoms with Crippen molar-refractivity contribution < 1.29 is 13.5 Å². The van der Waals surface area contributed by atoms with Gasteiger partial charge < -0.3 is 15.4 Å². The minimum Gasteiger partial charge on any atom is -0.435 e. The molecule has 27 heavy (non-hydrogen) atoms. The van der Waals surface area contributed by atoms with Crippen molar-refractivity contribution in [2.45, 2.75) is 26.0 Å². The highest BCUT2D eigenvalue weighted by molar-refractivity contribution is 5.66. The fraction of sp³-hybridized carbons (Fsp3) is 0.278. The van der Waals surface area contributed by atoms with Crippen molar-refractivity contribution in [1.82, 2.24) is 20.2 Å². The zero-order valence-electron chi connectivity index (χ0n) is 14.4. The number of hydrogen-bond donors (Lipinski definition) is 1. The van der Waals surface area contributed by atoms with Crippen molar-refractivity contribution in [1.29, 1.82) is 0 Å². The van der Waals surface area contributed by atoms with Gasteiger partial charge >= 0.3 is 6.61 Å². The van der Waals surface area contributed by atoms with Crippen LogP contribution in [0.4, 0.5) is 20.2 Å². The van der Waals surface area contributed by atoms with Crippen LogP contribution in [-0.2, 0) is 13.0 Å². The minimum atomic E-state index is -2.86. The molecule has 1 aliphatic heterocycles. The maximum absolute atomic E-state index is 12.3. The average molecular weight is 372 g/mol. The van der Waals surface area contributed by atoms with Gasteiger partial charge in [-0.05, 0) is 65.2 Å². The Kier molecular flexibility index (Phi) is 4.57. The van der Waals surface area contributed by atoms with E-state index in [1.807, 2.05) is 12.1 Å². The van der Waals surface area contributed by atoms with Crippen molar-refractivity contribution >= 4 is 11.4 Å². The Morgan fingerprint density at radius 2 is 1.96 bits per heavy atom. The van der Waals surface area contributed by atoms with Gasteiger partial charge in [0.15, 0.2) is 5.82 Å². The molecule has 7 nitrogen and oxygen atoms in total. The lowest BCUT2D eigenvalue weighted by atomic mass is 10.00. The van der Waals surface area contributed by atoms with Crippen LogP contribution in [0.3, 0.4) is 0 Å². The van der Waals surface area contributed by atoms with Crippen molar-refractivity contribution in [3.63, 3.8) is 0 Å². The van der Waals surface area contributed by atoms with E-state index < -0.39 is 6.61 Å². The van der Waals surface area contributed by atoms with Crippen LogP contribution in [0.15, 0.2) is 42.5 Å². The van der Waals surface area contributed by atoms with E-state index in [0.717, 1.165) is 36.3 Å². The van der Waals surface area contributed by atoms with Gasteiger partial charge in [0.25, 0.3) is 0 Å². The lowest BCUT2D eigenvalue weighted by Crippen LogP contribution is -2.30. The summed E-state index contributed by atoms with van der Waals surface area (Å²) in [4.78, 5) is 2.20. The van der Waals surface area contributed by atoms with E-state index in [2.05, 4.69) is 31.2 Å². The highest BCUT2D eigenvalue weighted by Gasteiger charge is 2.21. The number of nitrogens with two attached hydrogens (primary N) is 1. The molecular formula is C18H18F2N6O. The number of hydrogen-bond acceptors (Lipinski definition) is 6. The number of fused-ring (bicyclic) bond motifs is 1. The lowest BCUT2D eigenvalue weighted by Gasteiger charge is -2.31. The Morgan fingerprint density at radius 3 is 2.74 bits per heavy atom. The Hall–Kier alpha value is -3.23. The second kappa shape index (κ2) is 7.18. The number of benzene rings is 2. The highest BCUT2D eigenvalue weighted by Crippen LogP contribution is 2.32. The van der Waals surface area contributed by atoms with Crippen molar-refractivity contribution in [2.24, 2.45) is 0 Å². The smallest absolute Gasteiger partial charge is 0.387 e. The zero-order valence-corrected chi connectivity index (χ0v) is 14.4. The van der Waals surface area contributed by atoms with Crippen LogP contribution in [0.5, 0.6) is 5.75 Å². The van der Waals surface area contributed by atoms with Crippen molar-refractivity contribution in [3.8, 4) is 11.4 Å². The van der Waals surface area contributed by atoms with Gasteiger partial charge in [0, 0.05) is 17.9 Å². The van der Waals surface area contributed by atoms with E-state index in [-0.39, 0.29) is 5.75 Å². The maximum Gasteiger partial charge on any atom is 0.387 e. The molecule has 2 heterocycles. The summed E-state index contributed by atoms with van der Waals surface area (Å²) in [6.45, 7) is -1.46. The SMILES string of the molecule is Nc1cccc2c1CCCN2Cc1nnnn1-c1ccc(OC(F)F)cc1. The third kappa shape index (κ3) is 3.53. The molecule has 0 radical (unpaired) electrons. The van der Waals surface area contributed by atoms with Gasteiger partial charge in [0.1, 0.15) is 5.75 Å². The van der Waals surface area contributed by atoms with Crippen LogP contribution in [-0.4, -0.2) is 33.4 Å². The Bertz CT molecular complexity index is 928. The van der Waals surface area contributed by atoms with Crippen LogP contribution < -0.4 is 15.4 Å². The molecule has 0 unspecified atom stereocenters. The quantitative estimate of drug-likeness (QED) is 0.694. The van der Waals surface area contributed by atoms with Crippen LogP contribution in [0, 0.1) is 0 Å². The molecule has 1 aromatic heterocycles. The number of ether oxygens (including phenoxy) is 1. The summed E-state index contributed by atoms with van der Waals surface area (Å²) in [5.41, 5.74) is 9.82. The topological polar surface area (TPSA) is 82.1 Å². The molecule has 0 atom stereocenters. The number of halogens is 2. The highest BCUT2D eigenvalue weighted by atomic mass is 19.3. The number of alkyl halides is 2. The summed E-state index contributed by atoms with van der Waals surface area (Å²) in [6.07, 6.45) is 1.96. The van der Waals surface area contributed by atoms with Crippen molar-refractivity contribution in [2.75, 3.05) is 17.2 Å². The largest absolute Gasteiger partial charge is 0.435 e. The summed E-state index contributed by atoms with van der Waals surface area (Å²) < 4.78 is 30.6. The molecular weight excluding hydrogens is 354 g/mol. The van der Waals surface area contributed by atoms with Crippen LogP contribution in [0.1, 0.15) is 17.8 Å². The molecule has 1 aliphatic rings. The summed E-state index contributed by atoms with van der Waals surface area (Å²) in [5, 5.41) is 11.9. The fourth-order valence-corrected chi connectivity index (χ4v) is 3.34. The number of rotatable bonds is 5. The molecule has 2 aromatic carbocycles. The number of nitrogens with zero attached hydrogens (tertiary/aromatic N) is 5. The molecule has 0 amide bonds. The predicted molar refractivity (Wildman–Crippen MR) is 96.0 cm³/mol. The molecule has 9 heteroatoms. The first-order valence-electron chi connectivity index (χ1n) is 8.56. The summed E-state index contributed by atoms with van der Waals surface area (Å²) in [6, 6.07) is 12.1. The standard InChI is InChI=1S/C18H18F2N6O/c19-18(20)27-13-8-6-12(7-9-13)26-17(22-23-24-26)11-25-10-2-3-14-15(21)4-1-5-16(14)25/h1,4-9,18H,2-3,10-11,21H2. The first-order chi connectivity index (χ1) is 13.1. The number of tetrazole rings is 1. The van der Waals surface area contributed by atoms with Crippen LogP contribution in [0.25, 0.3) is 5.69 Å². The van der Waals surface area contributed by atoms with Gasteiger partial charge in [0.05, 0.1) is 12.2 Å². The van der Waals surface area contributed by atoms with E-state index >= 15 is 0 Å². The van der Waals surface area contributed by atoms with Gasteiger partial charge in [-0.1, -0.05) is 6.07 Å². The lowest BCUT2D eigenvalue weighted by molar-refractivity contribution is -0.0498. The van der Waals surface area contributed by atoms with Gasteiger partial charge in [0.2, 0.25) is 0 Å². The maximum atomic E-state index is 12.3. The van der Waals surface area contributed by atoms with E-state index in [9.17, 15) is 8.78 Å². The van der Waals surface area contributed by atoms with Gasteiger partial charge in [-0.25, -0.2) is 0 Å². The molecule has 140 valence electrons. The van der Waals surface area contributed by atoms with Crippen LogP contribution >= 0.6 is 0 Å². The van der Waals surface area contributed by atoms with E-state index in [1.54, 1.807) is 16.8 Å². The molecule has 0 aliphatic carbocycles. The second-order valence-electron chi connectivity index (χ2n) is 6.25. The van der Waals surface area contributed by atoms with Crippen molar-refractivity contribution in [3.05, 3.63) is 53.9 Å². The Balaban J connectivity index is 1.58. The Labute approximate surface area is 154 Å². The Morgan fingerprint density at radius 1 is 1.15 bits per heavy atom. The van der Waals surface area contributed by atoms with E-state index in [1.165, 1.54) is 12.1 Å². The number of anilines is 2. The molecule has 0 saturated heterocycles. The molecule has 0 spiro atoms. The summed E-state index contributed by atoms with van der Waals surface area (Å²) >= 11 is 0. The summed E-state index contributed by atoms with van der Waals surface area (Å²) in [5.74, 6) is 0.733. The molecule has 3 aromatic rings. The number of aromatic nitrogens is 4.